The van der Waals surface area contributed by atoms with Crippen LogP contribution in [0, 0.1) is 11.8 Å². The molecule has 0 saturated carbocycles. The minimum Gasteiger partial charge on any atom is -0.361 e. The third kappa shape index (κ3) is 2.44. The van der Waals surface area contributed by atoms with Crippen molar-refractivity contribution in [2.45, 2.75) is 19.9 Å². The molecule has 0 fully saturated rings. The molecule has 1 aromatic carbocycles. The zero-order chi connectivity index (χ0) is 11.2. The predicted octanol–water partition coefficient (Wildman–Crippen LogP) is 2.67. The smallest absolute Gasteiger partial charge is 0.0457 e. The second-order valence-electron chi connectivity index (χ2n) is 3.71. The van der Waals surface area contributed by atoms with Gasteiger partial charge in [-0.25, -0.2) is 0 Å². The number of aromatic amines is 1. The van der Waals surface area contributed by atoms with E-state index in [4.69, 9.17) is 0 Å². The predicted molar refractivity (Wildman–Crippen MR) is 68.1 cm³/mol. The summed E-state index contributed by atoms with van der Waals surface area (Å²) in [7, 11) is 0. The topological polar surface area (TPSA) is 27.8 Å². The Kier molecular flexibility index (Phi) is 3.63. The van der Waals surface area contributed by atoms with Crippen LogP contribution in [0.1, 0.15) is 18.9 Å². The Morgan fingerprint density at radius 3 is 3.12 bits per heavy atom. The van der Waals surface area contributed by atoms with E-state index < -0.39 is 0 Å². The highest BCUT2D eigenvalue weighted by Gasteiger charge is 1.99. The highest BCUT2D eigenvalue weighted by molar-refractivity contribution is 5.82. The molecule has 82 valence electrons. The quantitative estimate of drug-likeness (QED) is 0.592. The molecule has 0 saturated heterocycles. The number of hydrogen-bond acceptors (Lipinski definition) is 1. The van der Waals surface area contributed by atoms with Crippen molar-refractivity contribution < 1.29 is 0 Å². The molecule has 2 nitrogen and oxygen atoms in total. The molecule has 0 unspecified atom stereocenters. The van der Waals surface area contributed by atoms with E-state index in [2.05, 4.69) is 46.4 Å². The van der Waals surface area contributed by atoms with Crippen molar-refractivity contribution in [3.05, 3.63) is 36.0 Å². The summed E-state index contributed by atoms with van der Waals surface area (Å²) in [4.78, 5) is 3.22. The molecule has 0 aliphatic rings. The van der Waals surface area contributed by atoms with Crippen LogP contribution in [0.4, 0.5) is 0 Å². The van der Waals surface area contributed by atoms with Crippen LogP contribution in [0.2, 0.25) is 0 Å². The van der Waals surface area contributed by atoms with E-state index in [9.17, 15) is 0 Å². The van der Waals surface area contributed by atoms with Crippen LogP contribution in [-0.2, 0) is 6.54 Å². The van der Waals surface area contributed by atoms with E-state index in [-0.39, 0.29) is 0 Å². The molecule has 0 aliphatic heterocycles. The number of benzene rings is 1. The molecule has 0 spiro atoms. The van der Waals surface area contributed by atoms with Crippen LogP contribution in [0.15, 0.2) is 30.5 Å². The van der Waals surface area contributed by atoms with E-state index in [0.717, 1.165) is 19.5 Å². The molecule has 2 heteroatoms. The molecule has 0 atom stereocenters. The summed E-state index contributed by atoms with van der Waals surface area (Å²) in [5.74, 6) is 5.94. The summed E-state index contributed by atoms with van der Waals surface area (Å²) in [5.41, 5.74) is 2.54. The fourth-order valence-electron chi connectivity index (χ4n) is 1.80. The van der Waals surface area contributed by atoms with Gasteiger partial charge in [-0.1, -0.05) is 12.1 Å². The Morgan fingerprint density at radius 2 is 2.25 bits per heavy atom. The van der Waals surface area contributed by atoms with Gasteiger partial charge in [0.2, 0.25) is 0 Å². The minimum absolute atomic E-state index is 0.903. The first-order chi connectivity index (χ1) is 7.92. The number of fused-ring (bicyclic) bond motifs is 1. The van der Waals surface area contributed by atoms with Gasteiger partial charge in [0.05, 0.1) is 0 Å². The second kappa shape index (κ2) is 5.39. The van der Waals surface area contributed by atoms with Crippen LogP contribution in [0.25, 0.3) is 10.9 Å². The minimum atomic E-state index is 0.903. The lowest BCUT2D eigenvalue weighted by molar-refractivity contribution is 0.704. The number of nitrogens with one attached hydrogen (secondary N) is 2. The fourth-order valence-corrected chi connectivity index (χ4v) is 1.80. The molecule has 1 heterocycles. The van der Waals surface area contributed by atoms with Crippen molar-refractivity contribution in [1.82, 2.24) is 10.3 Å². The van der Waals surface area contributed by atoms with Gasteiger partial charge in [-0.05, 0) is 24.6 Å². The molecular weight excluding hydrogens is 196 g/mol. The first-order valence-corrected chi connectivity index (χ1v) is 5.57. The third-order valence-electron chi connectivity index (χ3n) is 2.60. The normalized spacial score (nSPS) is 10.1. The molecular formula is C14H16N2. The van der Waals surface area contributed by atoms with Gasteiger partial charge >= 0.3 is 0 Å². The Balaban J connectivity index is 1.97. The molecule has 2 rings (SSSR count). The van der Waals surface area contributed by atoms with Gasteiger partial charge in [0.1, 0.15) is 0 Å². The van der Waals surface area contributed by atoms with E-state index in [1.165, 1.54) is 16.5 Å². The van der Waals surface area contributed by atoms with Crippen molar-refractivity contribution in [1.29, 1.82) is 0 Å². The average molecular weight is 212 g/mol. The molecule has 2 N–H and O–H groups in total. The lowest BCUT2D eigenvalue weighted by Crippen LogP contribution is -2.14. The maximum atomic E-state index is 3.40. The SMILES string of the molecule is CC#CCCNCc1cccc2[nH]ccc12. The summed E-state index contributed by atoms with van der Waals surface area (Å²) in [6, 6.07) is 8.47. The van der Waals surface area contributed by atoms with Gasteiger partial charge in [0, 0.05) is 36.6 Å². The zero-order valence-electron chi connectivity index (χ0n) is 9.51. The number of hydrogen-bond donors (Lipinski definition) is 2. The summed E-state index contributed by atoms with van der Waals surface area (Å²) >= 11 is 0. The van der Waals surface area contributed by atoms with E-state index >= 15 is 0 Å². The Hall–Kier alpha value is -1.72. The van der Waals surface area contributed by atoms with Crippen LogP contribution in [0.5, 0.6) is 0 Å². The maximum absolute atomic E-state index is 3.40. The number of aromatic nitrogens is 1. The Morgan fingerprint density at radius 1 is 1.31 bits per heavy atom. The van der Waals surface area contributed by atoms with Crippen LogP contribution < -0.4 is 5.32 Å². The fraction of sp³-hybridized carbons (Fsp3) is 0.286. The average Bonchev–Trinajstić information content (AvgIpc) is 2.77. The first-order valence-electron chi connectivity index (χ1n) is 5.57. The molecule has 2 aromatic rings. The zero-order valence-corrected chi connectivity index (χ0v) is 9.51. The van der Waals surface area contributed by atoms with Gasteiger partial charge in [0.25, 0.3) is 0 Å². The Labute approximate surface area is 96.1 Å². The van der Waals surface area contributed by atoms with Gasteiger partial charge in [0.15, 0.2) is 0 Å². The summed E-state index contributed by atoms with van der Waals surface area (Å²) < 4.78 is 0. The molecule has 16 heavy (non-hydrogen) atoms. The standard InChI is InChI=1S/C14H16N2/c1-2-3-4-9-15-11-12-6-5-7-14-13(12)8-10-16-14/h5-8,10,15-16H,4,9,11H2,1H3. The molecule has 0 aliphatic carbocycles. The monoisotopic (exact) mass is 212 g/mol. The lowest BCUT2D eigenvalue weighted by Gasteiger charge is -2.04. The lowest BCUT2D eigenvalue weighted by atomic mass is 10.1. The van der Waals surface area contributed by atoms with Gasteiger partial charge < -0.3 is 10.3 Å². The molecule has 1 aromatic heterocycles. The van der Waals surface area contributed by atoms with E-state index in [1.807, 2.05) is 13.1 Å². The third-order valence-corrected chi connectivity index (χ3v) is 2.60. The van der Waals surface area contributed by atoms with E-state index in [1.54, 1.807) is 0 Å². The highest BCUT2D eigenvalue weighted by atomic mass is 14.8. The molecule has 0 amide bonds. The molecule has 0 bridgehead atoms. The van der Waals surface area contributed by atoms with Crippen molar-refractivity contribution in [3.63, 3.8) is 0 Å². The highest BCUT2D eigenvalue weighted by Crippen LogP contribution is 2.16. The van der Waals surface area contributed by atoms with Crippen LogP contribution >= 0.6 is 0 Å². The van der Waals surface area contributed by atoms with Crippen molar-refractivity contribution in [3.8, 4) is 11.8 Å². The van der Waals surface area contributed by atoms with Gasteiger partial charge in [-0.15, -0.1) is 11.8 Å². The molecule has 0 radical (unpaired) electrons. The van der Waals surface area contributed by atoms with Crippen molar-refractivity contribution in [2.75, 3.05) is 6.54 Å². The van der Waals surface area contributed by atoms with Gasteiger partial charge in [-0.2, -0.15) is 0 Å². The summed E-state index contributed by atoms with van der Waals surface area (Å²) in [6.07, 6.45) is 2.90. The number of H-pyrrole nitrogens is 1. The summed E-state index contributed by atoms with van der Waals surface area (Å²) in [6.45, 7) is 3.72. The van der Waals surface area contributed by atoms with Crippen molar-refractivity contribution >= 4 is 10.9 Å². The number of rotatable bonds is 4. The van der Waals surface area contributed by atoms with Crippen molar-refractivity contribution in [2.24, 2.45) is 0 Å². The first kappa shape index (κ1) is 10.8. The Bertz CT molecular complexity index is 514. The summed E-state index contributed by atoms with van der Waals surface area (Å²) in [5, 5.41) is 4.70. The van der Waals surface area contributed by atoms with Crippen LogP contribution in [0.3, 0.4) is 0 Å². The van der Waals surface area contributed by atoms with Gasteiger partial charge in [-0.3, -0.25) is 0 Å². The largest absolute Gasteiger partial charge is 0.361 e. The van der Waals surface area contributed by atoms with E-state index in [0.29, 0.717) is 0 Å². The van der Waals surface area contributed by atoms with Crippen LogP contribution in [-0.4, -0.2) is 11.5 Å². The second-order valence-corrected chi connectivity index (χ2v) is 3.71. The maximum Gasteiger partial charge on any atom is 0.0457 e.